The first-order chi connectivity index (χ1) is 10.7. The van der Waals surface area contributed by atoms with Crippen molar-refractivity contribution in [2.45, 2.75) is 18.9 Å². The average molecular weight is 294 g/mol. The van der Waals surface area contributed by atoms with Gasteiger partial charge in [0.1, 0.15) is 6.07 Å². The minimum absolute atomic E-state index is 0.0188. The molecule has 2 bridgehead atoms. The van der Waals surface area contributed by atoms with Gasteiger partial charge in [-0.1, -0.05) is 0 Å². The van der Waals surface area contributed by atoms with Crippen LogP contribution < -0.4 is 5.32 Å². The van der Waals surface area contributed by atoms with Gasteiger partial charge in [-0.05, 0) is 43.5 Å². The zero-order chi connectivity index (χ0) is 15.1. The van der Waals surface area contributed by atoms with Crippen molar-refractivity contribution >= 4 is 11.4 Å². The van der Waals surface area contributed by atoms with Crippen LogP contribution in [0.5, 0.6) is 0 Å². The Morgan fingerprint density at radius 2 is 2.27 bits per heavy atom. The largest absolute Gasteiger partial charge is 0.348 e. The van der Waals surface area contributed by atoms with Crippen LogP contribution in [-0.4, -0.2) is 40.9 Å². The molecule has 2 aromatic heterocycles. The van der Waals surface area contributed by atoms with Crippen molar-refractivity contribution in [2.24, 2.45) is 5.92 Å². The van der Waals surface area contributed by atoms with E-state index < -0.39 is 0 Å². The number of nitriles is 1. The summed E-state index contributed by atoms with van der Waals surface area (Å²) in [7, 11) is 0. The molecule has 2 aromatic rings. The summed E-state index contributed by atoms with van der Waals surface area (Å²) >= 11 is 0. The number of rotatable bonds is 2. The van der Waals surface area contributed by atoms with Gasteiger partial charge >= 0.3 is 0 Å². The smallest absolute Gasteiger partial charge is 0.251 e. The third kappa shape index (κ3) is 2.36. The van der Waals surface area contributed by atoms with E-state index >= 15 is 0 Å². The predicted molar refractivity (Wildman–Crippen MR) is 82.5 cm³/mol. The van der Waals surface area contributed by atoms with Gasteiger partial charge in [0, 0.05) is 42.6 Å². The van der Waals surface area contributed by atoms with E-state index in [0.29, 0.717) is 11.1 Å². The highest BCUT2D eigenvalue weighted by molar-refractivity contribution is 5.95. The fraction of sp³-hybridized carbons (Fsp3) is 0.412. The maximum atomic E-state index is 12.5. The summed E-state index contributed by atoms with van der Waals surface area (Å²) in [5.41, 5.74) is 2.13. The zero-order valence-corrected chi connectivity index (χ0v) is 12.3. The molecule has 5 nitrogen and oxygen atoms in total. The van der Waals surface area contributed by atoms with Crippen molar-refractivity contribution in [3.8, 4) is 6.07 Å². The van der Waals surface area contributed by atoms with Crippen molar-refractivity contribution in [1.82, 2.24) is 14.6 Å². The molecule has 5 heteroatoms. The van der Waals surface area contributed by atoms with Gasteiger partial charge < -0.3 is 14.6 Å². The van der Waals surface area contributed by atoms with E-state index in [4.69, 9.17) is 5.26 Å². The van der Waals surface area contributed by atoms with Gasteiger partial charge in [0.05, 0.1) is 5.56 Å². The van der Waals surface area contributed by atoms with Gasteiger partial charge in [0.25, 0.3) is 5.91 Å². The first-order valence-corrected chi connectivity index (χ1v) is 7.76. The lowest BCUT2D eigenvalue weighted by Crippen LogP contribution is -2.47. The van der Waals surface area contributed by atoms with Gasteiger partial charge in [-0.25, -0.2) is 0 Å². The number of aromatic nitrogens is 1. The molecule has 4 rings (SSSR count). The molecular formula is C17H18N4O. The maximum Gasteiger partial charge on any atom is 0.251 e. The minimum Gasteiger partial charge on any atom is -0.348 e. The number of piperidine rings is 1. The number of nitrogens with zero attached hydrogens (tertiary/aromatic N) is 3. The van der Waals surface area contributed by atoms with Crippen molar-refractivity contribution in [3.63, 3.8) is 0 Å². The van der Waals surface area contributed by atoms with Gasteiger partial charge in [-0.3, -0.25) is 4.79 Å². The first-order valence-electron chi connectivity index (χ1n) is 7.76. The van der Waals surface area contributed by atoms with Crippen molar-refractivity contribution in [1.29, 1.82) is 5.26 Å². The second-order valence-corrected chi connectivity index (χ2v) is 6.41. The van der Waals surface area contributed by atoms with Crippen LogP contribution in [-0.2, 0) is 0 Å². The third-order valence-electron chi connectivity index (χ3n) is 4.79. The number of amides is 1. The fourth-order valence-electron chi connectivity index (χ4n) is 3.74. The van der Waals surface area contributed by atoms with E-state index in [2.05, 4.69) is 16.3 Å². The highest BCUT2D eigenvalue weighted by Crippen LogP contribution is 2.26. The second kappa shape index (κ2) is 5.15. The monoisotopic (exact) mass is 294 g/mol. The summed E-state index contributed by atoms with van der Waals surface area (Å²) in [6.45, 7) is 3.33. The lowest BCUT2D eigenvalue weighted by Gasteiger charge is -2.30. The molecule has 0 aliphatic carbocycles. The van der Waals surface area contributed by atoms with Gasteiger partial charge in [-0.15, -0.1) is 0 Å². The normalized spacial score (nSPS) is 26.8. The molecule has 112 valence electrons. The SMILES string of the molecule is N#Cc1cc2cc(C(=O)N[C@@H]3C[C@H]4CCN(C4)C3)ccn2c1. The number of hydrogen-bond donors (Lipinski definition) is 1. The number of pyridine rings is 1. The molecule has 1 N–H and O–H groups in total. The lowest BCUT2D eigenvalue weighted by molar-refractivity contribution is 0.0909. The van der Waals surface area contributed by atoms with Crippen LogP contribution in [0.1, 0.15) is 28.8 Å². The van der Waals surface area contributed by atoms with E-state index in [0.717, 1.165) is 24.4 Å². The summed E-state index contributed by atoms with van der Waals surface area (Å²) < 4.78 is 1.86. The quantitative estimate of drug-likeness (QED) is 0.916. The zero-order valence-electron chi connectivity index (χ0n) is 12.3. The molecule has 2 saturated heterocycles. The van der Waals surface area contributed by atoms with E-state index in [-0.39, 0.29) is 11.9 Å². The average Bonchev–Trinajstić information content (AvgIpc) is 3.09. The van der Waals surface area contributed by atoms with E-state index in [1.165, 1.54) is 19.5 Å². The predicted octanol–water partition coefficient (Wildman–Crippen LogP) is 1.63. The Balaban J connectivity index is 1.51. The van der Waals surface area contributed by atoms with Crippen LogP contribution in [0.3, 0.4) is 0 Å². The topological polar surface area (TPSA) is 60.5 Å². The van der Waals surface area contributed by atoms with E-state index in [1.54, 1.807) is 18.3 Å². The van der Waals surface area contributed by atoms with Crippen LogP contribution in [0.15, 0.2) is 30.6 Å². The number of fused-ring (bicyclic) bond motifs is 3. The van der Waals surface area contributed by atoms with E-state index in [9.17, 15) is 4.79 Å². The number of hydrogen-bond acceptors (Lipinski definition) is 3. The fourth-order valence-corrected chi connectivity index (χ4v) is 3.74. The summed E-state index contributed by atoms with van der Waals surface area (Å²) in [5, 5.41) is 12.1. The maximum absolute atomic E-state index is 12.5. The number of carbonyl (C=O) groups is 1. The van der Waals surface area contributed by atoms with Crippen molar-refractivity contribution in [2.75, 3.05) is 19.6 Å². The Morgan fingerprint density at radius 3 is 3.09 bits per heavy atom. The van der Waals surface area contributed by atoms with Gasteiger partial charge in [0.2, 0.25) is 0 Å². The summed E-state index contributed by atoms with van der Waals surface area (Å²) in [6.07, 6.45) is 5.95. The molecule has 2 aliphatic heterocycles. The third-order valence-corrected chi connectivity index (χ3v) is 4.79. The molecule has 1 unspecified atom stereocenters. The second-order valence-electron chi connectivity index (χ2n) is 6.41. The van der Waals surface area contributed by atoms with Crippen LogP contribution in [0.2, 0.25) is 0 Å². The van der Waals surface area contributed by atoms with Crippen LogP contribution in [0.4, 0.5) is 0 Å². The Hall–Kier alpha value is -2.32. The van der Waals surface area contributed by atoms with Crippen LogP contribution in [0, 0.1) is 17.2 Å². The van der Waals surface area contributed by atoms with Gasteiger partial charge in [-0.2, -0.15) is 5.26 Å². The molecule has 3 atom stereocenters. The summed E-state index contributed by atoms with van der Waals surface area (Å²) in [6, 6.07) is 7.82. The van der Waals surface area contributed by atoms with Crippen molar-refractivity contribution < 1.29 is 4.79 Å². The standard InChI is InChI=1S/C17H18N4O/c18-8-13-6-16-7-14(2-4-21(16)10-13)17(22)19-15-5-12-1-3-20(9-12)11-15/h2,4,6-7,10,12,15H,1,3,5,9,11H2,(H,19,22)/t12-,15-/m1/s1. The molecule has 2 fully saturated rings. The number of carbonyl (C=O) groups excluding carboxylic acids is 1. The molecular weight excluding hydrogens is 276 g/mol. The Bertz CT molecular complexity index is 761. The van der Waals surface area contributed by atoms with Gasteiger partial charge in [0.15, 0.2) is 0 Å². The molecule has 1 amide bonds. The Labute approximate surface area is 129 Å². The molecule has 2 aliphatic rings. The summed E-state index contributed by atoms with van der Waals surface area (Å²) in [4.78, 5) is 14.9. The molecule has 0 spiro atoms. The molecule has 22 heavy (non-hydrogen) atoms. The highest BCUT2D eigenvalue weighted by Gasteiger charge is 2.32. The Morgan fingerprint density at radius 1 is 1.36 bits per heavy atom. The molecule has 0 saturated carbocycles. The molecule has 0 aromatic carbocycles. The van der Waals surface area contributed by atoms with Crippen LogP contribution in [0.25, 0.3) is 5.52 Å². The minimum atomic E-state index is -0.0188. The summed E-state index contributed by atoms with van der Waals surface area (Å²) in [5.74, 6) is 0.722. The number of nitrogens with one attached hydrogen (secondary N) is 1. The molecule has 4 heterocycles. The Kier molecular flexibility index (Phi) is 3.12. The first kappa shape index (κ1) is 13.4. The van der Waals surface area contributed by atoms with Crippen LogP contribution >= 0.6 is 0 Å². The highest BCUT2D eigenvalue weighted by atomic mass is 16.1. The van der Waals surface area contributed by atoms with Crippen molar-refractivity contribution in [3.05, 3.63) is 41.7 Å². The molecule has 0 radical (unpaired) electrons. The van der Waals surface area contributed by atoms with E-state index in [1.807, 2.05) is 16.7 Å². The lowest BCUT2D eigenvalue weighted by atomic mass is 9.96.